The molecule has 4 rings (SSSR count). The lowest BCUT2D eigenvalue weighted by molar-refractivity contribution is -0.132. The quantitative estimate of drug-likeness (QED) is 0.766. The van der Waals surface area contributed by atoms with Gasteiger partial charge in [-0.15, -0.1) is 0 Å². The molecule has 2 aliphatic heterocycles. The zero-order valence-corrected chi connectivity index (χ0v) is 17.8. The molecule has 0 spiro atoms. The molecule has 0 unspecified atom stereocenters. The lowest BCUT2D eigenvalue weighted by atomic mass is 10.0. The molecular weight excluding hydrogens is 397 g/mol. The van der Waals surface area contributed by atoms with Crippen molar-refractivity contribution in [3.05, 3.63) is 30.5 Å². The monoisotopic (exact) mass is 425 g/mol. The van der Waals surface area contributed by atoms with Crippen LogP contribution in [0.2, 0.25) is 0 Å². The van der Waals surface area contributed by atoms with Gasteiger partial charge in [-0.05, 0) is 44.0 Å². The molecule has 0 saturated carbocycles. The van der Waals surface area contributed by atoms with Crippen molar-refractivity contribution >= 4 is 22.5 Å². The fourth-order valence-corrected chi connectivity index (χ4v) is 4.46. The number of hydrogen-bond donors (Lipinski definition) is 1. The highest BCUT2D eigenvalue weighted by atomic mass is 19.1. The Hall–Kier alpha value is -2.92. The number of anilines is 1. The van der Waals surface area contributed by atoms with Crippen LogP contribution in [0.5, 0.6) is 5.75 Å². The average Bonchev–Trinajstić information content (AvgIpc) is 3.18. The third-order valence-electron chi connectivity index (χ3n) is 6.06. The SMILES string of the molecule is CCOc1ccc(NC2CCN(CC(=O)N3C[C@@H](F)C[C@H]3C#N)CC2)c2cccnc12. The maximum absolute atomic E-state index is 13.6. The second-order valence-corrected chi connectivity index (χ2v) is 8.16. The predicted molar refractivity (Wildman–Crippen MR) is 117 cm³/mol. The molecule has 1 amide bonds. The number of hydrogen-bond acceptors (Lipinski definition) is 6. The van der Waals surface area contributed by atoms with E-state index in [0.717, 1.165) is 48.3 Å². The van der Waals surface area contributed by atoms with E-state index in [1.165, 1.54) is 4.90 Å². The second kappa shape index (κ2) is 9.48. The number of halogens is 1. The van der Waals surface area contributed by atoms with Crippen LogP contribution < -0.4 is 10.1 Å². The Morgan fingerprint density at radius 2 is 2.16 bits per heavy atom. The van der Waals surface area contributed by atoms with E-state index in [-0.39, 0.29) is 25.4 Å². The Morgan fingerprint density at radius 3 is 2.90 bits per heavy atom. The molecule has 2 fully saturated rings. The Labute approximate surface area is 181 Å². The maximum atomic E-state index is 13.6. The summed E-state index contributed by atoms with van der Waals surface area (Å²) in [6, 6.07) is 9.66. The van der Waals surface area contributed by atoms with E-state index in [1.54, 1.807) is 6.20 Å². The summed E-state index contributed by atoms with van der Waals surface area (Å²) in [5, 5.41) is 13.8. The fourth-order valence-electron chi connectivity index (χ4n) is 4.46. The summed E-state index contributed by atoms with van der Waals surface area (Å²) < 4.78 is 19.3. The third kappa shape index (κ3) is 4.72. The summed E-state index contributed by atoms with van der Waals surface area (Å²) >= 11 is 0. The van der Waals surface area contributed by atoms with Gasteiger partial charge in [0.15, 0.2) is 0 Å². The van der Waals surface area contributed by atoms with Crippen LogP contribution >= 0.6 is 0 Å². The number of piperidine rings is 1. The van der Waals surface area contributed by atoms with Gasteiger partial charge in [0.05, 0.1) is 25.8 Å². The molecule has 7 nitrogen and oxygen atoms in total. The van der Waals surface area contributed by atoms with E-state index in [9.17, 15) is 9.18 Å². The number of carbonyl (C=O) groups is 1. The first-order valence-corrected chi connectivity index (χ1v) is 10.9. The Morgan fingerprint density at radius 1 is 1.35 bits per heavy atom. The first-order valence-electron chi connectivity index (χ1n) is 10.9. The molecule has 0 bridgehead atoms. The van der Waals surface area contributed by atoms with E-state index in [0.29, 0.717) is 12.6 Å². The van der Waals surface area contributed by atoms with Crippen LogP contribution in [-0.2, 0) is 4.79 Å². The maximum Gasteiger partial charge on any atom is 0.237 e. The molecule has 3 heterocycles. The smallest absolute Gasteiger partial charge is 0.237 e. The summed E-state index contributed by atoms with van der Waals surface area (Å²) in [7, 11) is 0. The molecule has 8 heteroatoms. The topological polar surface area (TPSA) is 81.5 Å². The van der Waals surface area contributed by atoms with Crippen LogP contribution in [0.1, 0.15) is 26.2 Å². The zero-order valence-electron chi connectivity index (χ0n) is 17.8. The van der Waals surface area contributed by atoms with E-state index in [2.05, 4.69) is 15.2 Å². The fraction of sp³-hybridized carbons (Fsp3) is 0.522. The van der Waals surface area contributed by atoms with Crippen LogP contribution in [0, 0.1) is 11.3 Å². The summed E-state index contributed by atoms with van der Waals surface area (Å²) in [6.45, 7) is 4.39. The van der Waals surface area contributed by atoms with Crippen LogP contribution in [0.15, 0.2) is 30.5 Å². The van der Waals surface area contributed by atoms with Gasteiger partial charge in [-0.1, -0.05) is 0 Å². The highest BCUT2D eigenvalue weighted by Crippen LogP contribution is 2.31. The van der Waals surface area contributed by atoms with E-state index in [1.807, 2.05) is 37.3 Å². The summed E-state index contributed by atoms with van der Waals surface area (Å²) in [5.74, 6) is 0.631. The number of ether oxygens (including phenoxy) is 1. The van der Waals surface area contributed by atoms with Gasteiger partial charge < -0.3 is 15.0 Å². The Kier molecular flexibility index (Phi) is 6.52. The van der Waals surface area contributed by atoms with Gasteiger partial charge in [-0.3, -0.25) is 14.7 Å². The first kappa shape index (κ1) is 21.3. The molecule has 2 aromatic rings. The summed E-state index contributed by atoms with van der Waals surface area (Å²) in [4.78, 5) is 20.5. The lowest BCUT2D eigenvalue weighted by Crippen LogP contribution is -2.46. The van der Waals surface area contributed by atoms with Gasteiger partial charge in [0.1, 0.15) is 23.5 Å². The molecule has 1 N–H and O–H groups in total. The number of benzene rings is 1. The summed E-state index contributed by atoms with van der Waals surface area (Å²) in [5.41, 5.74) is 1.88. The average molecular weight is 426 g/mol. The van der Waals surface area contributed by atoms with Crippen molar-refractivity contribution in [2.75, 3.05) is 38.1 Å². The molecule has 31 heavy (non-hydrogen) atoms. The molecule has 164 valence electrons. The van der Waals surface area contributed by atoms with Crippen molar-refractivity contribution in [1.29, 1.82) is 5.26 Å². The van der Waals surface area contributed by atoms with E-state index < -0.39 is 12.2 Å². The van der Waals surface area contributed by atoms with Gasteiger partial charge in [0.25, 0.3) is 0 Å². The third-order valence-corrected chi connectivity index (χ3v) is 6.06. The minimum Gasteiger partial charge on any atom is -0.492 e. The van der Waals surface area contributed by atoms with Crippen molar-refractivity contribution in [2.45, 2.75) is 44.4 Å². The van der Waals surface area contributed by atoms with E-state index in [4.69, 9.17) is 10.00 Å². The predicted octanol–water partition coefficient (Wildman–Crippen LogP) is 2.97. The number of pyridine rings is 1. The second-order valence-electron chi connectivity index (χ2n) is 8.16. The number of fused-ring (bicyclic) bond motifs is 1. The van der Waals surface area contributed by atoms with Crippen molar-refractivity contribution in [1.82, 2.24) is 14.8 Å². The number of carbonyl (C=O) groups excluding carboxylic acids is 1. The van der Waals surface area contributed by atoms with Crippen LogP contribution in [0.25, 0.3) is 10.9 Å². The number of nitrogens with one attached hydrogen (secondary N) is 1. The Balaban J connectivity index is 1.34. The number of nitrogens with zero attached hydrogens (tertiary/aromatic N) is 4. The molecular formula is C23H28FN5O2. The van der Waals surface area contributed by atoms with Gasteiger partial charge in [0.2, 0.25) is 5.91 Å². The molecule has 1 aromatic heterocycles. The number of nitriles is 1. The molecule has 2 aliphatic rings. The van der Waals surface area contributed by atoms with Crippen LogP contribution in [0.3, 0.4) is 0 Å². The van der Waals surface area contributed by atoms with Crippen LogP contribution in [-0.4, -0.2) is 71.7 Å². The summed E-state index contributed by atoms with van der Waals surface area (Å²) in [6.07, 6.45) is 2.60. The zero-order chi connectivity index (χ0) is 21.8. The first-order chi connectivity index (χ1) is 15.1. The number of likely N-dealkylation sites (tertiary alicyclic amines) is 2. The number of alkyl halides is 1. The molecule has 0 aliphatic carbocycles. The van der Waals surface area contributed by atoms with Gasteiger partial charge >= 0.3 is 0 Å². The normalized spacial score (nSPS) is 22.4. The van der Waals surface area contributed by atoms with Crippen molar-refractivity contribution in [2.24, 2.45) is 0 Å². The lowest BCUT2D eigenvalue weighted by Gasteiger charge is -2.33. The number of amides is 1. The molecule has 1 aromatic carbocycles. The van der Waals surface area contributed by atoms with Gasteiger partial charge in [0, 0.05) is 42.8 Å². The highest BCUT2D eigenvalue weighted by Gasteiger charge is 2.36. The standard InChI is InChI=1S/C23H28FN5O2/c1-2-31-21-6-5-20(19-4-3-9-26-23(19)21)27-17-7-10-28(11-8-17)15-22(30)29-14-16(24)12-18(29)13-25/h3-6,9,16-18,27H,2,7-8,10-12,14-15H2,1H3/t16-,18-/m0/s1. The van der Waals surface area contributed by atoms with Crippen molar-refractivity contribution < 1.29 is 13.9 Å². The molecule has 2 saturated heterocycles. The molecule has 0 radical (unpaired) electrons. The molecule has 2 atom stereocenters. The van der Waals surface area contributed by atoms with Crippen molar-refractivity contribution in [3.8, 4) is 11.8 Å². The minimum atomic E-state index is -1.10. The number of aromatic nitrogens is 1. The van der Waals surface area contributed by atoms with Gasteiger partial charge in [-0.2, -0.15) is 5.26 Å². The van der Waals surface area contributed by atoms with Crippen molar-refractivity contribution in [3.63, 3.8) is 0 Å². The Bertz CT molecular complexity index is 970. The highest BCUT2D eigenvalue weighted by molar-refractivity contribution is 5.95. The number of rotatable bonds is 6. The largest absolute Gasteiger partial charge is 0.492 e. The van der Waals surface area contributed by atoms with Gasteiger partial charge in [-0.25, -0.2) is 4.39 Å². The van der Waals surface area contributed by atoms with E-state index >= 15 is 0 Å². The minimum absolute atomic E-state index is 0.0356. The van der Waals surface area contributed by atoms with Crippen LogP contribution in [0.4, 0.5) is 10.1 Å².